The Morgan fingerprint density at radius 1 is 1.33 bits per heavy atom. The van der Waals surface area contributed by atoms with Crippen molar-refractivity contribution in [1.29, 1.82) is 0 Å². The first-order valence-corrected chi connectivity index (χ1v) is 6.07. The standard InChI is InChI=1S/C14H17NO3/c1-9(2)13(16)15-7-6-10-8-11(14(17)18-3)4-5-12(10)15/h4-5,8-9H,6-7H2,1-3H3. The van der Waals surface area contributed by atoms with E-state index in [9.17, 15) is 9.59 Å². The highest BCUT2D eigenvalue weighted by atomic mass is 16.5. The molecule has 1 aliphatic rings. The number of benzene rings is 1. The number of nitrogens with zero attached hydrogens (tertiary/aromatic N) is 1. The van der Waals surface area contributed by atoms with Crippen molar-refractivity contribution in [2.45, 2.75) is 20.3 Å². The number of carbonyl (C=O) groups is 2. The van der Waals surface area contributed by atoms with Gasteiger partial charge < -0.3 is 9.64 Å². The Morgan fingerprint density at radius 3 is 2.67 bits per heavy atom. The monoisotopic (exact) mass is 247 g/mol. The number of fused-ring (bicyclic) bond motifs is 1. The summed E-state index contributed by atoms with van der Waals surface area (Å²) in [7, 11) is 1.37. The lowest BCUT2D eigenvalue weighted by Crippen LogP contribution is -2.32. The van der Waals surface area contributed by atoms with E-state index >= 15 is 0 Å². The summed E-state index contributed by atoms with van der Waals surface area (Å²) in [5.41, 5.74) is 2.49. The van der Waals surface area contributed by atoms with Gasteiger partial charge in [-0.15, -0.1) is 0 Å². The number of methoxy groups -OCH3 is 1. The van der Waals surface area contributed by atoms with E-state index in [1.165, 1.54) is 7.11 Å². The van der Waals surface area contributed by atoms with Crippen LogP contribution < -0.4 is 4.90 Å². The van der Waals surface area contributed by atoms with Gasteiger partial charge in [0.1, 0.15) is 0 Å². The Hall–Kier alpha value is -1.84. The molecule has 1 aliphatic heterocycles. The van der Waals surface area contributed by atoms with E-state index < -0.39 is 0 Å². The third kappa shape index (κ3) is 2.10. The van der Waals surface area contributed by atoms with Crippen LogP contribution in [0.25, 0.3) is 0 Å². The molecular formula is C14H17NO3. The SMILES string of the molecule is COC(=O)c1ccc2c(c1)CCN2C(=O)C(C)C. The van der Waals surface area contributed by atoms with Crippen LogP contribution in [0.2, 0.25) is 0 Å². The Kier molecular flexibility index (Phi) is 3.36. The molecule has 0 unspecified atom stereocenters. The topological polar surface area (TPSA) is 46.6 Å². The predicted octanol–water partition coefficient (Wildman–Crippen LogP) is 2.02. The molecule has 0 N–H and O–H groups in total. The zero-order chi connectivity index (χ0) is 13.3. The van der Waals surface area contributed by atoms with Crippen molar-refractivity contribution < 1.29 is 14.3 Å². The minimum atomic E-state index is -0.341. The number of rotatable bonds is 2. The van der Waals surface area contributed by atoms with Crippen molar-refractivity contribution in [2.24, 2.45) is 5.92 Å². The van der Waals surface area contributed by atoms with Gasteiger partial charge in [-0.05, 0) is 30.2 Å². The Morgan fingerprint density at radius 2 is 2.06 bits per heavy atom. The Balaban J connectivity index is 2.31. The summed E-state index contributed by atoms with van der Waals surface area (Å²) in [6.07, 6.45) is 0.790. The van der Waals surface area contributed by atoms with Crippen LogP contribution in [0.4, 0.5) is 5.69 Å². The molecular weight excluding hydrogens is 230 g/mol. The number of amides is 1. The summed E-state index contributed by atoms with van der Waals surface area (Å²) in [4.78, 5) is 25.2. The Bertz CT molecular complexity index is 494. The first-order chi connectivity index (χ1) is 8.54. The largest absolute Gasteiger partial charge is 0.465 e. The summed E-state index contributed by atoms with van der Waals surface area (Å²) in [6, 6.07) is 5.35. The normalized spacial score (nSPS) is 13.7. The molecule has 0 spiro atoms. The van der Waals surface area contributed by atoms with Gasteiger partial charge in [0.15, 0.2) is 0 Å². The van der Waals surface area contributed by atoms with E-state index in [0.717, 1.165) is 17.7 Å². The lowest BCUT2D eigenvalue weighted by molar-refractivity contribution is -0.121. The molecule has 0 saturated heterocycles. The van der Waals surface area contributed by atoms with E-state index in [4.69, 9.17) is 0 Å². The summed E-state index contributed by atoms with van der Waals surface area (Å²) in [5, 5.41) is 0. The second-order valence-electron chi connectivity index (χ2n) is 4.73. The second kappa shape index (κ2) is 4.80. The molecule has 1 aromatic carbocycles. The quantitative estimate of drug-likeness (QED) is 0.751. The molecule has 4 heteroatoms. The fourth-order valence-corrected chi connectivity index (χ4v) is 2.19. The third-order valence-electron chi connectivity index (χ3n) is 3.16. The molecule has 0 radical (unpaired) electrons. The molecule has 0 fully saturated rings. The van der Waals surface area contributed by atoms with Crippen molar-refractivity contribution >= 4 is 17.6 Å². The first-order valence-electron chi connectivity index (χ1n) is 6.07. The van der Waals surface area contributed by atoms with Crippen LogP contribution in [0.3, 0.4) is 0 Å². The highest BCUT2D eigenvalue weighted by molar-refractivity contribution is 5.98. The van der Waals surface area contributed by atoms with E-state index in [1.54, 1.807) is 11.0 Å². The summed E-state index contributed by atoms with van der Waals surface area (Å²) >= 11 is 0. The van der Waals surface area contributed by atoms with Crippen LogP contribution in [0.15, 0.2) is 18.2 Å². The van der Waals surface area contributed by atoms with E-state index in [2.05, 4.69) is 4.74 Å². The van der Waals surface area contributed by atoms with Gasteiger partial charge in [0, 0.05) is 18.2 Å². The molecule has 1 aromatic rings. The molecule has 0 saturated carbocycles. The molecule has 18 heavy (non-hydrogen) atoms. The molecule has 0 atom stereocenters. The summed E-state index contributed by atoms with van der Waals surface area (Å²) in [5.74, 6) is -0.234. The molecule has 4 nitrogen and oxygen atoms in total. The molecule has 1 amide bonds. The van der Waals surface area contributed by atoms with Gasteiger partial charge in [0.25, 0.3) is 0 Å². The van der Waals surface area contributed by atoms with Gasteiger partial charge >= 0.3 is 5.97 Å². The maximum Gasteiger partial charge on any atom is 0.337 e. The number of hydrogen-bond donors (Lipinski definition) is 0. The highest BCUT2D eigenvalue weighted by Gasteiger charge is 2.26. The molecule has 1 heterocycles. The molecule has 0 aliphatic carbocycles. The van der Waals surface area contributed by atoms with Crippen molar-refractivity contribution in [3.05, 3.63) is 29.3 Å². The van der Waals surface area contributed by atoms with Crippen LogP contribution in [-0.4, -0.2) is 25.5 Å². The number of ether oxygens (including phenoxy) is 1. The van der Waals surface area contributed by atoms with Gasteiger partial charge in [-0.1, -0.05) is 13.8 Å². The Labute approximate surface area is 107 Å². The van der Waals surface area contributed by atoms with Gasteiger partial charge in [-0.2, -0.15) is 0 Å². The lowest BCUT2D eigenvalue weighted by Gasteiger charge is -2.19. The van der Waals surface area contributed by atoms with Crippen LogP contribution in [0.5, 0.6) is 0 Å². The first kappa shape index (κ1) is 12.6. The number of esters is 1. The van der Waals surface area contributed by atoms with Crippen LogP contribution in [0, 0.1) is 5.92 Å². The number of anilines is 1. The van der Waals surface area contributed by atoms with Gasteiger partial charge in [-0.25, -0.2) is 4.79 Å². The van der Waals surface area contributed by atoms with Gasteiger partial charge in [-0.3, -0.25) is 4.79 Å². The molecule has 0 bridgehead atoms. The fraction of sp³-hybridized carbons (Fsp3) is 0.429. The molecule has 96 valence electrons. The zero-order valence-corrected chi connectivity index (χ0v) is 10.9. The smallest absolute Gasteiger partial charge is 0.337 e. The zero-order valence-electron chi connectivity index (χ0n) is 10.9. The van der Waals surface area contributed by atoms with E-state index in [1.807, 2.05) is 26.0 Å². The fourth-order valence-electron chi connectivity index (χ4n) is 2.19. The van der Waals surface area contributed by atoms with Crippen molar-refractivity contribution in [3.63, 3.8) is 0 Å². The predicted molar refractivity (Wildman–Crippen MR) is 68.7 cm³/mol. The average molecular weight is 247 g/mol. The van der Waals surface area contributed by atoms with Crippen LogP contribution in [-0.2, 0) is 16.0 Å². The van der Waals surface area contributed by atoms with Crippen LogP contribution in [0.1, 0.15) is 29.8 Å². The second-order valence-corrected chi connectivity index (χ2v) is 4.73. The number of carbonyl (C=O) groups excluding carboxylic acids is 2. The lowest BCUT2D eigenvalue weighted by atomic mass is 10.1. The minimum absolute atomic E-state index is 0.0174. The highest BCUT2D eigenvalue weighted by Crippen LogP contribution is 2.30. The maximum atomic E-state index is 12.0. The van der Waals surface area contributed by atoms with Crippen molar-refractivity contribution in [3.8, 4) is 0 Å². The van der Waals surface area contributed by atoms with E-state index in [-0.39, 0.29) is 17.8 Å². The van der Waals surface area contributed by atoms with Crippen molar-refractivity contribution in [2.75, 3.05) is 18.6 Å². The van der Waals surface area contributed by atoms with Gasteiger partial charge in [0.2, 0.25) is 5.91 Å². The number of hydrogen-bond acceptors (Lipinski definition) is 3. The van der Waals surface area contributed by atoms with Crippen molar-refractivity contribution in [1.82, 2.24) is 0 Å². The maximum absolute atomic E-state index is 12.0. The van der Waals surface area contributed by atoms with Gasteiger partial charge in [0.05, 0.1) is 12.7 Å². The molecule has 0 aromatic heterocycles. The van der Waals surface area contributed by atoms with Crippen LogP contribution >= 0.6 is 0 Å². The molecule has 2 rings (SSSR count). The average Bonchev–Trinajstić information content (AvgIpc) is 2.79. The van der Waals surface area contributed by atoms with E-state index in [0.29, 0.717) is 12.1 Å². The minimum Gasteiger partial charge on any atom is -0.465 e. The summed E-state index contributed by atoms with van der Waals surface area (Å²) < 4.78 is 4.69. The third-order valence-corrected chi connectivity index (χ3v) is 3.16. The summed E-state index contributed by atoms with van der Waals surface area (Å²) in [6.45, 7) is 4.48.